The molecule has 2 N–H and O–H groups in total. The number of nitrogens with one attached hydrogen (secondary N) is 2. The van der Waals surface area contributed by atoms with Gasteiger partial charge >= 0.3 is 0 Å². The van der Waals surface area contributed by atoms with Crippen LogP contribution in [-0.4, -0.2) is 28.0 Å². The smallest absolute Gasteiger partial charge is 0.240 e. The highest BCUT2D eigenvalue weighted by atomic mass is 32.2. The second-order valence-electron chi connectivity index (χ2n) is 8.72. The predicted molar refractivity (Wildman–Crippen MR) is 128 cm³/mol. The van der Waals surface area contributed by atoms with Crippen LogP contribution < -0.4 is 14.8 Å². The molecule has 170 valence electrons. The average Bonchev–Trinajstić information content (AvgIpc) is 3.51. The van der Waals surface area contributed by atoms with Crippen LogP contribution >= 0.6 is 0 Å². The Morgan fingerprint density at radius 3 is 2.45 bits per heavy atom. The van der Waals surface area contributed by atoms with Crippen LogP contribution in [-0.2, 0) is 26.7 Å². The molecule has 33 heavy (non-hydrogen) atoms. The molecule has 7 heteroatoms. The number of carbonyl (C=O) groups is 1. The number of hydrogen-bond acceptors (Lipinski definition) is 4. The lowest BCUT2D eigenvalue weighted by atomic mass is 9.92. The molecule has 3 aromatic rings. The van der Waals surface area contributed by atoms with Crippen molar-refractivity contribution in [2.75, 3.05) is 19.0 Å². The molecule has 0 radical (unpaired) electrons. The molecule has 1 heterocycles. The number of rotatable bonds is 6. The van der Waals surface area contributed by atoms with E-state index < -0.39 is 15.4 Å². The molecule has 0 atom stereocenters. The first-order chi connectivity index (χ1) is 15.8. The molecule has 1 amide bonds. The number of sulfonamides is 1. The highest BCUT2D eigenvalue weighted by molar-refractivity contribution is 7.89. The molecular formula is C26H26N2O4S. The Hall–Kier alpha value is -3.16. The molecule has 1 aliphatic carbocycles. The van der Waals surface area contributed by atoms with Gasteiger partial charge in [-0.05, 0) is 85.0 Å². The van der Waals surface area contributed by atoms with Gasteiger partial charge in [-0.2, -0.15) is 0 Å². The summed E-state index contributed by atoms with van der Waals surface area (Å²) in [5.74, 6) is 0.929. The van der Waals surface area contributed by atoms with Crippen molar-refractivity contribution in [2.45, 2.75) is 36.5 Å². The van der Waals surface area contributed by atoms with E-state index in [1.54, 1.807) is 24.3 Å². The highest BCUT2D eigenvalue weighted by Crippen LogP contribution is 2.50. The van der Waals surface area contributed by atoms with Gasteiger partial charge in [-0.25, -0.2) is 13.1 Å². The van der Waals surface area contributed by atoms with Crippen LogP contribution in [0.15, 0.2) is 65.6 Å². The van der Waals surface area contributed by atoms with E-state index in [1.807, 2.05) is 37.3 Å². The number of fused-ring (bicyclic) bond motifs is 1. The number of ether oxygens (including phenoxy) is 1. The van der Waals surface area contributed by atoms with Crippen molar-refractivity contribution in [2.24, 2.45) is 0 Å². The minimum absolute atomic E-state index is 0.00614. The first-order valence-electron chi connectivity index (χ1n) is 11.0. The number of hydrogen-bond donors (Lipinski definition) is 2. The first-order valence-corrected chi connectivity index (χ1v) is 12.5. The Balaban J connectivity index is 1.39. The van der Waals surface area contributed by atoms with Crippen LogP contribution in [0.1, 0.15) is 29.5 Å². The number of benzene rings is 3. The van der Waals surface area contributed by atoms with Crippen molar-refractivity contribution in [3.63, 3.8) is 0 Å². The van der Waals surface area contributed by atoms with Gasteiger partial charge in [-0.15, -0.1) is 0 Å². The lowest BCUT2D eigenvalue weighted by molar-refractivity contribution is -0.118. The summed E-state index contributed by atoms with van der Waals surface area (Å²) in [5.41, 5.74) is 5.34. The topological polar surface area (TPSA) is 84.5 Å². The Bertz CT molecular complexity index is 1340. The number of carbonyl (C=O) groups excluding carboxylic acids is 1. The quantitative estimate of drug-likeness (QED) is 0.576. The van der Waals surface area contributed by atoms with Crippen molar-refractivity contribution in [1.82, 2.24) is 4.72 Å². The third-order valence-corrected chi connectivity index (χ3v) is 8.10. The van der Waals surface area contributed by atoms with E-state index in [0.717, 1.165) is 53.0 Å². The van der Waals surface area contributed by atoms with Crippen molar-refractivity contribution < 1.29 is 17.9 Å². The summed E-state index contributed by atoms with van der Waals surface area (Å²) in [5, 5.41) is 3.12. The molecule has 6 nitrogen and oxygen atoms in total. The van der Waals surface area contributed by atoms with Gasteiger partial charge in [-0.1, -0.05) is 30.3 Å². The Morgan fingerprint density at radius 2 is 1.76 bits per heavy atom. The maximum absolute atomic E-state index is 13.3. The molecule has 5 rings (SSSR count). The molecule has 1 saturated carbocycles. The Labute approximate surface area is 194 Å². The molecule has 0 bridgehead atoms. The SMILES string of the molecule is CNS(=O)(=O)c1ccc(-c2cc(NC(=O)C3(c4ccc5c(c4)CCO5)CC3)ccc2C)cc1. The van der Waals surface area contributed by atoms with Gasteiger partial charge in [0.25, 0.3) is 0 Å². The maximum Gasteiger partial charge on any atom is 0.240 e. The highest BCUT2D eigenvalue weighted by Gasteiger charge is 2.51. The van der Waals surface area contributed by atoms with E-state index in [2.05, 4.69) is 16.1 Å². The normalized spacial score (nSPS) is 16.1. The van der Waals surface area contributed by atoms with Crippen LogP contribution in [0.4, 0.5) is 5.69 Å². The summed E-state index contributed by atoms with van der Waals surface area (Å²) in [4.78, 5) is 13.5. The molecule has 3 aromatic carbocycles. The monoisotopic (exact) mass is 462 g/mol. The molecule has 0 spiro atoms. The zero-order valence-electron chi connectivity index (χ0n) is 18.6. The summed E-state index contributed by atoms with van der Waals surface area (Å²) in [6.45, 7) is 2.69. The Kier molecular flexibility index (Phi) is 5.26. The fourth-order valence-electron chi connectivity index (χ4n) is 4.45. The summed E-state index contributed by atoms with van der Waals surface area (Å²) in [6.07, 6.45) is 2.55. The zero-order chi connectivity index (χ0) is 23.2. The second kappa shape index (κ2) is 8.01. The molecule has 0 aromatic heterocycles. The van der Waals surface area contributed by atoms with Crippen LogP contribution in [0.3, 0.4) is 0 Å². The predicted octanol–water partition coefficient (Wildman–Crippen LogP) is 4.18. The summed E-state index contributed by atoms with van der Waals surface area (Å²) in [7, 11) is -2.09. The van der Waals surface area contributed by atoms with Gasteiger partial charge in [0.05, 0.1) is 16.9 Å². The van der Waals surface area contributed by atoms with Gasteiger partial charge < -0.3 is 10.1 Å². The van der Waals surface area contributed by atoms with Crippen molar-refractivity contribution in [1.29, 1.82) is 0 Å². The zero-order valence-corrected chi connectivity index (χ0v) is 19.5. The fourth-order valence-corrected chi connectivity index (χ4v) is 5.18. The van der Waals surface area contributed by atoms with Crippen LogP contribution in [0, 0.1) is 6.92 Å². The van der Waals surface area contributed by atoms with E-state index >= 15 is 0 Å². The van der Waals surface area contributed by atoms with Crippen LogP contribution in [0.5, 0.6) is 5.75 Å². The number of aryl methyl sites for hydroxylation is 1. The van der Waals surface area contributed by atoms with E-state index in [0.29, 0.717) is 6.61 Å². The lowest BCUT2D eigenvalue weighted by Gasteiger charge is -2.18. The largest absolute Gasteiger partial charge is 0.493 e. The third kappa shape index (κ3) is 3.92. The summed E-state index contributed by atoms with van der Waals surface area (Å²) >= 11 is 0. The third-order valence-electron chi connectivity index (χ3n) is 6.67. The first kappa shape index (κ1) is 21.7. The minimum atomic E-state index is -3.49. The molecule has 0 saturated heterocycles. The van der Waals surface area contributed by atoms with Crippen molar-refractivity contribution >= 4 is 21.6 Å². The van der Waals surface area contributed by atoms with E-state index in [-0.39, 0.29) is 10.8 Å². The van der Waals surface area contributed by atoms with Crippen LogP contribution in [0.2, 0.25) is 0 Å². The van der Waals surface area contributed by atoms with Gasteiger partial charge in [-0.3, -0.25) is 4.79 Å². The summed E-state index contributed by atoms with van der Waals surface area (Å²) < 4.78 is 31.9. The van der Waals surface area contributed by atoms with Gasteiger partial charge in [0.15, 0.2) is 0 Å². The van der Waals surface area contributed by atoms with Gasteiger partial charge in [0.2, 0.25) is 15.9 Å². The standard InChI is InChI=1S/C26H26N2O4S/c1-17-3-7-21(16-23(17)18-4-8-22(9-5-18)33(30,31)27-2)28-25(29)26(12-13-26)20-6-10-24-19(15-20)11-14-32-24/h3-10,15-16,27H,11-14H2,1-2H3,(H,28,29). The van der Waals surface area contributed by atoms with Crippen molar-refractivity contribution in [3.8, 4) is 16.9 Å². The molecule has 0 unspecified atom stereocenters. The molecule has 2 aliphatic rings. The minimum Gasteiger partial charge on any atom is -0.493 e. The number of anilines is 1. The van der Waals surface area contributed by atoms with Gasteiger partial charge in [0, 0.05) is 12.1 Å². The van der Waals surface area contributed by atoms with Crippen LogP contribution in [0.25, 0.3) is 11.1 Å². The maximum atomic E-state index is 13.3. The lowest BCUT2D eigenvalue weighted by Crippen LogP contribution is -2.27. The molecule has 1 fully saturated rings. The fraction of sp³-hybridized carbons (Fsp3) is 0.269. The molecule has 1 aliphatic heterocycles. The average molecular weight is 463 g/mol. The number of amides is 1. The van der Waals surface area contributed by atoms with E-state index in [4.69, 9.17) is 4.74 Å². The van der Waals surface area contributed by atoms with Crippen molar-refractivity contribution in [3.05, 3.63) is 77.4 Å². The van der Waals surface area contributed by atoms with E-state index in [9.17, 15) is 13.2 Å². The summed E-state index contributed by atoms with van der Waals surface area (Å²) in [6, 6.07) is 18.7. The van der Waals surface area contributed by atoms with Gasteiger partial charge in [0.1, 0.15) is 5.75 Å². The second-order valence-corrected chi connectivity index (χ2v) is 10.6. The molecular weight excluding hydrogens is 436 g/mol. The van der Waals surface area contributed by atoms with E-state index in [1.165, 1.54) is 12.6 Å². The Morgan fingerprint density at radius 1 is 1.00 bits per heavy atom.